The Kier molecular flexibility index (Phi) is 10.9. The fraction of sp³-hybridized carbons (Fsp3) is 0.727. The first-order valence-corrected chi connectivity index (χ1v) is 13.1. The number of alkyl halides is 2. The molecule has 11 heteroatoms. The molecule has 0 aliphatic carbocycles. The average molecular weight is 581 g/mol. The maximum atomic E-state index is 11.4. The molecule has 0 atom stereocenters. The second-order valence-electron chi connectivity index (χ2n) is 9.53. The molecule has 10 nitrogen and oxygen atoms in total. The van der Waals surface area contributed by atoms with Gasteiger partial charge in [0.1, 0.15) is 0 Å². The van der Waals surface area contributed by atoms with Crippen LogP contribution < -0.4 is 26.5 Å². The number of anilines is 1. The number of hydroxylamine groups is 2. The molecular weight excluding hydrogens is 543 g/mol. The van der Waals surface area contributed by atoms with Crippen LogP contribution in [-0.2, 0) is 9.57 Å². The number of nitrogens with one attached hydrogen (secondary N) is 1. The van der Waals surface area contributed by atoms with Crippen LogP contribution >= 0.6 is 0 Å². The molecular formula is C22H38IN4O6-. The zero-order chi connectivity index (χ0) is 25.4. The van der Waals surface area contributed by atoms with Crippen LogP contribution in [-0.4, -0.2) is 54.3 Å². The van der Waals surface area contributed by atoms with Gasteiger partial charge in [0, 0.05) is 0 Å². The van der Waals surface area contributed by atoms with Gasteiger partial charge in [0.2, 0.25) is 0 Å². The van der Waals surface area contributed by atoms with E-state index in [-0.39, 0.29) is 45.3 Å². The van der Waals surface area contributed by atoms with Crippen molar-refractivity contribution in [3.63, 3.8) is 0 Å². The molecule has 0 heterocycles. The van der Waals surface area contributed by atoms with Crippen LogP contribution in [0.4, 0.5) is 17.1 Å². The molecule has 0 fully saturated rings. The number of nitro benzene ring substituents is 2. The molecule has 0 aromatic heterocycles. The van der Waals surface area contributed by atoms with Crippen molar-refractivity contribution >= 4 is 17.1 Å². The normalized spacial score (nSPS) is 12.9. The molecule has 0 saturated heterocycles. The Hall–Kier alpha value is -1.57. The summed E-state index contributed by atoms with van der Waals surface area (Å²) in [5, 5.41) is 27.3. The van der Waals surface area contributed by atoms with Gasteiger partial charge in [0.25, 0.3) is 0 Å². The van der Waals surface area contributed by atoms with E-state index in [9.17, 15) is 20.2 Å². The summed E-state index contributed by atoms with van der Waals surface area (Å²) in [6.45, 7) is 16.6. The third-order valence-electron chi connectivity index (χ3n) is 4.97. The Morgan fingerprint density at radius 2 is 1.67 bits per heavy atom. The van der Waals surface area contributed by atoms with Gasteiger partial charge in [-0.05, 0) is 0 Å². The summed E-state index contributed by atoms with van der Waals surface area (Å²) in [5.41, 5.74) is -0.889. The van der Waals surface area contributed by atoms with Gasteiger partial charge in [-0.25, -0.2) is 0 Å². The quantitative estimate of drug-likeness (QED) is 0.145. The Morgan fingerprint density at radius 3 is 2.21 bits per heavy atom. The SMILES string of the molecule is CCN(C)OCCC(C)(C)[I-]C(C)(C)OCCC(C)(C)Nc1ccc([N+](=O)[O-])cc1[N+](=O)[O-]. The Labute approximate surface area is 206 Å². The van der Waals surface area contributed by atoms with Crippen LogP contribution in [0.2, 0.25) is 0 Å². The van der Waals surface area contributed by atoms with Gasteiger partial charge in [-0.3, -0.25) is 0 Å². The molecule has 1 aromatic rings. The van der Waals surface area contributed by atoms with Crippen molar-refractivity contribution in [2.75, 3.05) is 32.1 Å². The number of nitro groups is 2. The van der Waals surface area contributed by atoms with Crippen LogP contribution in [0.1, 0.15) is 61.3 Å². The van der Waals surface area contributed by atoms with Crippen molar-refractivity contribution in [2.24, 2.45) is 0 Å². The number of non-ortho nitro benzene ring substituents is 1. The van der Waals surface area contributed by atoms with Crippen LogP contribution in [0.5, 0.6) is 0 Å². The van der Waals surface area contributed by atoms with Gasteiger partial charge < -0.3 is 0 Å². The summed E-state index contributed by atoms with van der Waals surface area (Å²) < 4.78 is 6.15. The summed E-state index contributed by atoms with van der Waals surface area (Å²) >= 11 is -0.322. The van der Waals surface area contributed by atoms with E-state index in [1.54, 1.807) is 0 Å². The molecule has 1 aromatic carbocycles. The minimum absolute atomic E-state index is 0.143. The van der Waals surface area contributed by atoms with E-state index in [1.165, 1.54) is 12.1 Å². The second kappa shape index (κ2) is 12.2. The minimum atomic E-state index is -0.642. The van der Waals surface area contributed by atoms with Gasteiger partial charge in [0.15, 0.2) is 0 Å². The van der Waals surface area contributed by atoms with Crippen molar-refractivity contribution in [3.05, 3.63) is 38.4 Å². The Balaban J connectivity index is 2.67. The van der Waals surface area contributed by atoms with Crippen molar-refractivity contribution < 1.29 is 40.6 Å². The third kappa shape index (κ3) is 10.9. The zero-order valence-corrected chi connectivity index (χ0v) is 23.1. The number of hydrogen-bond acceptors (Lipinski definition) is 8. The van der Waals surface area contributed by atoms with Crippen molar-refractivity contribution in [3.8, 4) is 0 Å². The first kappa shape index (κ1) is 29.5. The summed E-state index contributed by atoms with van der Waals surface area (Å²) in [6, 6.07) is 3.63. The average Bonchev–Trinajstić information content (AvgIpc) is 2.65. The van der Waals surface area contributed by atoms with E-state index in [4.69, 9.17) is 9.57 Å². The van der Waals surface area contributed by atoms with E-state index in [0.29, 0.717) is 19.6 Å². The van der Waals surface area contributed by atoms with Crippen LogP contribution in [0.3, 0.4) is 0 Å². The third-order valence-corrected chi connectivity index (χ3v) is 8.58. The molecule has 33 heavy (non-hydrogen) atoms. The molecule has 0 aliphatic rings. The summed E-state index contributed by atoms with van der Waals surface area (Å²) in [4.78, 5) is 26.8. The van der Waals surface area contributed by atoms with E-state index < -0.39 is 15.4 Å². The van der Waals surface area contributed by atoms with Crippen molar-refractivity contribution in [1.82, 2.24) is 5.06 Å². The molecule has 1 rings (SSSR count). The summed E-state index contributed by atoms with van der Waals surface area (Å²) in [5.74, 6) is 0. The summed E-state index contributed by atoms with van der Waals surface area (Å²) in [7, 11) is 1.93. The maximum absolute atomic E-state index is 11.4. The van der Waals surface area contributed by atoms with Crippen LogP contribution in [0.15, 0.2) is 18.2 Å². The molecule has 0 unspecified atom stereocenters. The number of rotatable bonds is 15. The Morgan fingerprint density at radius 1 is 1.03 bits per heavy atom. The van der Waals surface area contributed by atoms with E-state index >= 15 is 0 Å². The molecule has 1 N–H and O–H groups in total. The zero-order valence-electron chi connectivity index (χ0n) is 20.9. The standard InChI is InChI=1S/C22H38IN4O6/c1-9-25(8)33-15-12-20(2,3)23-22(6,7)32-14-13-21(4,5)24-18-11-10-17(26(28)29)16-19(18)27(30)31/h10-11,16,24H,9,12-15H2,1-8H3/q-1. The van der Waals surface area contributed by atoms with Gasteiger partial charge in [-0.15, -0.1) is 0 Å². The van der Waals surface area contributed by atoms with E-state index in [2.05, 4.69) is 33.0 Å². The fourth-order valence-corrected chi connectivity index (χ4v) is 7.47. The predicted molar refractivity (Wildman–Crippen MR) is 125 cm³/mol. The number of ether oxygens (including phenoxy) is 1. The first-order valence-electron chi connectivity index (χ1n) is 10.9. The van der Waals surface area contributed by atoms with Gasteiger partial charge >= 0.3 is 207 Å². The monoisotopic (exact) mass is 581 g/mol. The number of halogens is 1. The van der Waals surface area contributed by atoms with Crippen LogP contribution in [0.25, 0.3) is 0 Å². The number of benzene rings is 1. The molecule has 0 amide bonds. The molecule has 0 aliphatic heterocycles. The van der Waals surface area contributed by atoms with E-state index in [0.717, 1.165) is 19.0 Å². The molecule has 0 saturated carbocycles. The molecule has 0 bridgehead atoms. The van der Waals surface area contributed by atoms with Crippen molar-refractivity contribution in [2.45, 2.75) is 73.9 Å². The van der Waals surface area contributed by atoms with Gasteiger partial charge in [-0.2, -0.15) is 0 Å². The van der Waals surface area contributed by atoms with Gasteiger partial charge in [-0.1, -0.05) is 0 Å². The second-order valence-corrected chi connectivity index (χ2v) is 15.6. The van der Waals surface area contributed by atoms with Crippen LogP contribution in [0, 0.1) is 20.2 Å². The molecule has 190 valence electrons. The number of hydrogen-bond donors (Lipinski definition) is 1. The Bertz CT molecular complexity index is 816. The topological polar surface area (TPSA) is 120 Å². The number of nitrogens with zero attached hydrogens (tertiary/aromatic N) is 3. The van der Waals surface area contributed by atoms with Crippen molar-refractivity contribution in [1.29, 1.82) is 0 Å². The molecule has 0 radical (unpaired) electrons. The molecule has 0 spiro atoms. The van der Waals surface area contributed by atoms with E-state index in [1.807, 2.05) is 32.9 Å². The predicted octanol–water partition coefficient (Wildman–Crippen LogP) is 1.98. The first-order chi connectivity index (χ1) is 15.1. The van der Waals surface area contributed by atoms with Gasteiger partial charge in [0.05, 0.1) is 0 Å². The fourth-order valence-electron chi connectivity index (χ4n) is 3.09. The summed E-state index contributed by atoms with van der Waals surface area (Å²) in [6.07, 6.45) is 1.56.